The highest BCUT2D eigenvalue weighted by molar-refractivity contribution is 7.09. The molecule has 0 spiro atoms. The minimum atomic E-state index is -0.509. The Morgan fingerprint density at radius 3 is 2.80 bits per heavy atom. The third kappa shape index (κ3) is 3.38. The maximum absolute atomic E-state index is 11.0. The van der Waals surface area contributed by atoms with Crippen LogP contribution in [0.25, 0.3) is 0 Å². The van der Waals surface area contributed by atoms with Gasteiger partial charge in [0.25, 0.3) is 0 Å². The van der Waals surface area contributed by atoms with Crippen LogP contribution in [0.3, 0.4) is 0 Å². The van der Waals surface area contributed by atoms with Gasteiger partial charge in [0, 0.05) is 17.6 Å². The SMILES string of the molecule is CCNc1ncc([N+](=O)[O-])c(NCc2nc(C)cs2)n1. The van der Waals surface area contributed by atoms with Crippen molar-refractivity contribution >= 4 is 28.8 Å². The Balaban J connectivity index is 2.18. The molecule has 0 atom stereocenters. The zero-order valence-corrected chi connectivity index (χ0v) is 11.9. The monoisotopic (exact) mass is 294 g/mol. The molecule has 0 saturated heterocycles. The van der Waals surface area contributed by atoms with E-state index in [4.69, 9.17) is 0 Å². The van der Waals surface area contributed by atoms with Crippen LogP contribution >= 0.6 is 11.3 Å². The topological polar surface area (TPSA) is 106 Å². The van der Waals surface area contributed by atoms with Crippen LogP contribution in [0.1, 0.15) is 17.6 Å². The molecule has 0 aromatic carbocycles. The molecule has 0 aliphatic carbocycles. The van der Waals surface area contributed by atoms with Crippen molar-refractivity contribution in [3.05, 3.63) is 32.4 Å². The average molecular weight is 294 g/mol. The van der Waals surface area contributed by atoms with E-state index in [9.17, 15) is 10.1 Å². The van der Waals surface area contributed by atoms with E-state index in [-0.39, 0.29) is 11.5 Å². The number of thiazole rings is 1. The molecule has 20 heavy (non-hydrogen) atoms. The van der Waals surface area contributed by atoms with E-state index in [1.807, 2.05) is 19.2 Å². The predicted octanol–water partition coefficient (Wildman–Crippen LogP) is 2.19. The lowest BCUT2D eigenvalue weighted by Gasteiger charge is -2.06. The number of anilines is 2. The minimum absolute atomic E-state index is 0.153. The van der Waals surface area contributed by atoms with Gasteiger partial charge in [0.05, 0.1) is 11.5 Å². The molecule has 8 nitrogen and oxygen atoms in total. The van der Waals surface area contributed by atoms with E-state index < -0.39 is 4.92 Å². The predicted molar refractivity (Wildman–Crippen MR) is 77.0 cm³/mol. The lowest BCUT2D eigenvalue weighted by Crippen LogP contribution is -2.09. The summed E-state index contributed by atoms with van der Waals surface area (Å²) in [7, 11) is 0. The minimum Gasteiger partial charge on any atom is -0.358 e. The van der Waals surface area contributed by atoms with Gasteiger partial charge < -0.3 is 10.6 Å². The molecule has 9 heteroatoms. The zero-order valence-electron chi connectivity index (χ0n) is 11.1. The number of aromatic nitrogens is 3. The van der Waals surface area contributed by atoms with E-state index in [2.05, 4.69) is 25.6 Å². The molecule has 2 heterocycles. The van der Waals surface area contributed by atoms with Gasteiger partial charge in [0.15, 0.2) is 0 Å². The van der Waals surface area contributed by atoms with Crippen LogP contribution in [-0.4, -0.2) is 26.4 Å². The quantitative estimate of drug-likeness (QED) is 0.621. The summed E-state index contributed by atoms with van der Waals surface area (Å²) in [5.74, 6) is 0.546. The summed E-state index contributed by atoms with van der Waals surface area (Å²) < 4.78 is 0. The second kappa shape index (κ2) is 6.24. The second-order valence-corrected chi connectivity index (χ2v) is 4.89. The molecule has 0 fully saturated rings. The molecule has 0 aliphatic heterocycles. The van der Waals surface area contributed by atoms with Crippen molar-refractivity contribution < 1.29 is 4.92 Å². The molecule has 0 bridgehead atoms. The molecule has 106 valence electrons. The molecule has 2 N–H and O–H groups in total. The number of hydrogen-bond acceptors (Lipinski definition) is 8. The van der Waals surface area contributed by atoms with E-state index in [1.54, 1.807) is 0 Å². The zero-order chi connectivity index (χ0) is 14.5. The molecule has 0 unspecified atom stereocenters. The van der Waals surface area contributed by atoms with Crippen molar-refractivity contribution in [2.75, 3.05) is 17.2 Å². The Labute approximate surface area is 119 Å². The first kappa shape index (κ1) is 14.1. The second-order valence-electron chi connectivity index (χ2n) is 3.95. The largest absolute Gasteiger partial charge is 0.358 e. The van der Waals surface area contributed by atoms with Crippen LogP contribution in [0.4, 0.5) is 17.5 Å². The summed E-state index contributed by atoms with van der Waals surface area (Å²) in [6, 6.07) is 0. The lowest BCUT2D eigenvalue weighted by atomic mass is 10.4. The standard InChI is InChI=1S/C11H14N6O2S/c1-3-12-11-14-4-8(17(18)19)10(16-11)13-5-9-15-7(2)6-20-9/h4,6H,3,5H2,1-2H3,(H2,12,13,14,16). The Hall–Kier alpha value is -2.29. The van der Waals surface area contributed by atoms with Crippen LogP contribution < -0.4 is 10.6 Å². The Bertz CT molecular complexity index is 615. The van der Waals surface area contributed by atoms with Crippen molar-refractivity contribution in [2.24, 2.45) is 0 Å². The molecule has 0 aliphatic rings. The Kier molecular flexibility index (Phi) is 4.41. The Morgan fingerprint density at radius 1 is 1.40 bits per heavy atom. The van der Waals surface area contributed by atoms with Crippen LogP contribution in [0, 0.1) is 17.0 Å². The van der Waals surface area contributed by atoms with Gasteiger partial charge in [-0.1, -0.05) is 0 Å². The fourth-order valence-electron chi connectivity index (χ4n) is 1.53. The van der Waals surface area contributed by atoms with Crippen LogP contribution in [0.5, 0.6) is 0 Å². The summed E-state index contributed by atoms with van der Waals surface area (Å²) in [6.07, 6.45) is 1.19. The smallest absolute Gasteiger partial charge is 0.329 e. The number of rotatable bonds is 6. The molecular formula is C11H14N6O2S. The van der Waals surface area contributed by atoms with Gasteiger partial charge in [0.2, 0.25) is 11.8 Å². The van der Waals surface area contributed by atoms with E-state index in [0.29, 0.717) is 19.0 Å². The van der Waals surface area contributed by atoms with E-state index in [0.717, 1.165) is 10.7 Å². The van der Waals surface area contributed by atoms with E-state index >= 15 is 0 Å². The highest BCUT2D eigenvalue weighted by Crippen LogP contribution is 2.23. The number of nitro groups is 1. The molecule has 0 amide bonds. The van der Waals surface area contributed by atoms with Gasteiger partial charge in [-0.15, -0.1) is 11.3 Å². The maximum atomic E-state index is 11.0. The van der Waals surface area contributed by atoms with Gasteiger partial charge in [-0.05, 0) is 13.8 Å². The third-order valence-electron chi connectivity index (χ3n) is 2.37. The molecular weight excluding hydrogens is 280 g/mol. The van der Waals surface area contributed by atoms with Gasteiger partial charge in [-0.3, -0.25) is 10.1 Å². The van der Waals surface area contributed by atoms with Gasteiger partial charge in [0.1, 0.15) is 11.2 Å². The van der Waals surface area contributed by atoms with Gasteiger partial charge in [-0.25, -0.2) is 9.97 Å². The fourth-order valence-corrected chi connectivity index (χ4v) is 2.24. The van der Waals surface area contributed by atoms with Crippen LogP contribution in [0.15, 0.2) is 11.6 Å². The van der Waals surface area contributed by atoms with Crippen LogP contribution in [-0.2, 0) is 6.54 Å². The summed E-state index contributed by atoms with van der Waals surface area (Å²) in [4.78, 5) is 22.7. The first-order valence-electron chi connectivity index (χ1n) is 6.00. The van der Waals surface area contributed by atoms with Crippen molar-refractivity contribution in [1.29, 1.82) is 0 Å². The Morgan fingerprint density at radius 2 is 2.20 bits per heavy atom. The summed E-state index contributed by atoms with van der Waals surface area (Å²) in [5, 5.41) is 19.6. The number of nitrogens with one attached hydrogen (secondary N) is 2. The van der Waals surface area contributed by atoms with Gasteiger partial charge >= 0.3 is 5.69 Å². The van der Waals surface area contributed by atoms with Crippen molar-refractivity contribution in [3.8, 4) is 0 Å². The normalized spacial score (nSPS) is 10.3. The molecule has 2 rings (SSSR count). The molecule has 2 aromatic rings. The van der Waals surface area contributed by atoms with Gasteiger partial charge in [-0.2, -0.15) is 4.98 Å². The average Bonchev–Trinajstić information content (AvgIpc) is 2.82. The molecule has 2 aromatic heterocycles. The molecule has 0 radical (unpaired) electrons. The number of hydrogen-bond donors (Lipinski definition) is 2. The highest BCUT2D eigenvalue weighted by atomic mass is 32.1. The molecule has 0 saturated carbocycles. The maximum Gasteiger partial charge on any atom is 0.329 e. The first-order chi connectivity index (χ1) is 9.60. The number of aryl methyl sites for hydroxylation is 1. The van der Waals surface area contributed by atoms with Crippen molar-refractivity contribution in [3.63, 3.8) is 0 Å². The van der Waals surface area contributed by atoms with E-state index in [1.165, 1.54) is 17.5 Å². The lowest BCUT2D eigenvalue weighted by molar-refractivity contribution is -0.384. The first-order valence-corrected chi connectivity index (χ1v) is 6.88. The van der Waals surface area contributed by atoms with Crippen LogP contribution in [0.2, 0.25) is 0 Å². The van der Waals surface area contributed by atoms with Crippen molar-refractivity contribution in [2.45, 2.75) is 20.4 Å². The summed E-state index contributed by atoms with van der Waals surface area (Å²) >= 11 is 1.50. The van der Waals surface area contributed by atoms with Crippen molar-refractivity contribution in [1.82, 2.24) is 15.0 Å². The highest BCUT2D eigenvalue weighted by Gasteiger charge is 2.17. The summed E-state index contributed by atoms with van der Waals surface area (Å²) in [6.45, 7) is 4.83. The third-order valence-corrected chi connectivity index (χ3v) is 3.34. The number of nitrogens with zero attached hydrogens (tertiary/aromatic N) is 4. The fraction of sp³-hybridized carbons (Fsp3) is 0.364. The summed E-state index contributed by atoms with van der Waals surface area (Å²) in [5.41, 5.74) is 0.775.